The van der Waals surface area contributed by atoms with E-state index >= 15 is 0 Å². The van der Waals surface area contributed by atoms with Gasteiger partial charge in [-0.3, -0.25) is 4.99 Å². The number of aromatic nitrogens is 1. The Kier molecular flexibility index (Phi) is 4.73. The number of nitrogens with zero attached hydrogens (tertiary/aromatic N) is 1. The number of rotatable bonds is 5. The van der Waals surface area contributed by atoms with Crippen molar-refractivity contribution in [3.63, 3.8) is 0 Å². The maximum Gasteiger partial charge on any atom is 0.0795 e. The van der Waals surface area contributed by atoms with E-state index in [2.05, 4.69) is 28.5 Å². The van der Waals surface area contributed by atoms with Crippen molar-refractivity contribution in [2.45, 2.75) is 0 Å². The van der Waals surface area contributed by atoms with Gasteiger partial charge in [-0.1, -0.05) is 31.4 Å². The van der Waals surface area contributed by atoms with E-state index in [0.717, 1.165) is 21.8 Å². The summed E-state index contributed by atoms with van der Waals surface area (Å²) in [5.41, 5.74) is 2.06. The maximum atomic E-state index is 4.39. The van der Waals surface area contributed by atoms with Crippen LogP contribution < -0.4 is 10.7 Å². The average Bonchev–Trinajstić information content (AvgIpc) is 2.85. The van der Waals surface area contributed by atoms with Crippen LogP contribution in [0.4, 0.5) is 0 Å². The van der Waals surface area contributed by atoms with E-state index in [1.807, 2.05) is 55.0 Å². The van der Waals surface area contributed by atoms with Gasteiger partial charge >= 0.3 is 0 Å². The lowest BCUT2D eigenvalue weighted by Crippen LogP contribution is -2.04. The molecule has 0 aliphatic carbocycles. The fourth-order valence-electron chi connectivity index (χ4n) is 1.90. The Morgan fingerprint density at radius 1 is 1.15 bits per heavy atom. The molecule has 0 saturated heterocycles. The van der Waals surface area contributed by atoms with Crippen molar-refractivity contribution in [2.75, 3.05) is 0 Å². The molecule has 0 aliphatic rings. The highest BCUT2D eigenvalue weighted by atomic mass is 14.8. The summed E-state index contributed by atoms with van der Waals surface area (Å²) in [5, 5.41) is 5.01. The highest BCUT2D eigenvalue weighted by molar-refractivity contribution is 5.80. The molecule has 0 spiro atoms. The summed E-state index contributed by atoms with van der Waals surface area (Å²) >= 11 is 0. The zero-order chi connectivity index (χ0) is 14.2. The number of allylic oxidation sites excluding steroid dienone is 2. The number of H-pyrrole nitrogens is 1. The van der Waals surface area contributed by atoms with Crippen LogP contribution in [0.5, 0.6) is 0 Å². The van der Waals surface area contributed by atoms with E-state index in [1.54, 1.807) is 12.3 Å². The molecule has 0 aliphatic heterocycles. The molecular weight excluding hydrogens is 246 g/mol. The van der Waals surface area contributed by atoms with Gasteiger partial charge in [-0.05, 0) is 24.3 Å². The van der Waals surface area contributed by atoms with Crippen molar-refractivity contribution in [3.8, 4) is 0 Å². The van der Waals surface area contributed by atoms with E-state index in [-0.39, 0.29) is 0 Å². The minimum Gasteiger partial charge on any atom is -0.368 e. The van der Waals surface area contributed by atoms with Crippen LogP contribution in [0.25, 0.3) is 17.0 Å². The van der Waals surface area contributed by atoms with Gasteiger partial charge in [-0.2, -0.15) is 0 Å². The SMILES string of the molecule is C=C/C=C/N/C=C/c1cccc2[nH]ccc2c1=NC=C. The molecule has 0 amide bonds. The molecule has 1 heterocycles. The molecule has 0 fully saturated rings. The molecule has 100 valence electrons. The predicted molar refractivity (Wildman–Crippen MR) is 85.6 cm³/mol. The fraction of sp³-hybridized carbons (Fsp3) is 0. The van der Waals surface area contributed by atoms with Crippen molar-refractivity contribution in [1.82, 2.24) is 10.3 Å². The maximum absolute atomic E-state index is 4.39. The van der Waals surface area contributed by atoms with Gasteiger partial charge in [0.2, 0.25) is 0 Å². The third kappa shape index (κ3) is 3.14. The number of aromatic amines is 1. The first kappa shape index (κ1) is 13.6. The van der Waals surface area contributed by atoms with Gasteiger partial charge in [-0.15, -0.1) is 0 Å². The van der Waals surface area contributed by atoms with Crippen LogP contribution in [0.2, 0.25) is 0 Å². The first-order chi connectivity index (χ1) is 9.86. The largest absolute Gasteiger partial charge is 0.368 e. The fourth-order valence-corrected chi connectivity index (χ4v) is 1.90. The standard InChI is InChI=1S/C17H17N3/c1-3-5-11-18-12-9-14-7-6-8-16-15(10-13-20-16)17(14)19-4-2/h3-13,18,20H,1-2H2/b11-5+,12-9+,19-17?. The average molecular weight is 263 g/mol. The van der Waals surface area contributed by atoms with Crippen LogP contribution in [-0.2, 0) is 0 Å². The number of nitrogens with one attached hydrogen (secondary N) is 2. The lowest BCUT2D eigenvalue weighted by atomic mass is 10.2. The summed E-state index contributed by atoms with van der Waals surface area (Å²) in [6.45, 7) is 7.30. The van der Waals surface area contributed by atoms with Crippen LogP contribution in [-0.4, -0.2) is 4.98 Å². The topological polar surface area (TPSA) is 40.2 Å². The van der Waals surface area contributed by atoms with E-state index in [4.69, 9.17) is 0 Å². The molecule has 0 unspecified atom stereocenters. The normalized spacial score (nSPS) is 12.3. The van der Waals surface area contributed by atoms with Gasteiger partial charge in [0.15, 0.2) is 0 Å². The lowest BCUT2D eigenvalue weighted by molar-refractivity contribution is 1.20. The summed E-state index contributed by atoms with van der Waals surface area (Å²) in [5.74, 6) is 0. The first-order valence-corrected chi connectivity index (χ1v) is 6.32. The van der Waals surface area contributed by atoms with Crippen LogP contribution in [0, 0.1) is 0 Å². The number of hydrogen-bond acceptors (Lipinski definition) is 2. The van der Waals surface area contributed by atoms with Crippen LogP contribution in [0.15, 0.2) is 79.4 Å². The Labute approximate surface area is 118 Å². The Bertz CT molecular complexity index is 733. The second kappa shape index (κ2) is 6.95. The van der Waals surface area contributed by atoms with Crippen molar-refractivity contribution in [1.29, 1.82) is 0 Å². The van der Waals surface area contributed by atoms with Crippen LogP contribution in [0.3, 0.4) is 0 Å². The van der Waals surface area contributed by atoms with Crippen molar-refractivity contribution in [2.24, 2.45) is 4.99 Å². The Morgan fingerprint density at radius 2 is 2.05 bits per heavy atom. The first-order valence-electron chi connectivity index (χ1n) is 6.32. The summed E-state index contributed by atoms with van der Waals surface area (Å²) in [6.07, 6.45) is 12.6. The second-order valence-electron chi connectivity index (χ2n) is 4.04. The molecule has 3 nitrogen and oxygen atoms in total. The number of hydrogen-bond donors (Lipinski definition) is 2. The van der Waals surface area contributed by atoms with Crippen molar-refractivity contribution < 1.29 is 0 Å². The van der Waals surface area contributed by atoms with E-state index in [1.165, 1.54) is 0 Å². The van der Waals surface area contributed by atoms with E-state index in [9.17, 15) is 0 Å². The third-order valence-corrected chi connectivity index (χ3v) is 2.75. The molecule has 20 heavy (non-hydrogen) atoms. The predicted octanol–water partition coefficient (Wildman–Crippen LogP) is 3.47. The smallest absolute Gasteiger partial charge is 0.0795 e. The number of fused-ring (bicyclic) bond motifs is 1. The monoisotopic (exact) mass is 263 g/mol. The van der Waals surface area contributed by atoms with Gasteiger partial charge in [0, 0.05) is 41.3 Å². The van der Waals surface area contributed by atoms with Crippen LogP contribution >= 0.6 is 0 Å². The summed E-state index contributed by atoms with van der Waals surface area (Å²) < 4.78 is 0. The molecular formula is C17H17N3. The summed E-state index contributed by atoms with van der Waals surface area (Å²) in [4.78, 5) is 7.59. The van der Waals surface area contributed by atoms with Crippen molar-refractivity contribution >= 4 is 17.0 Å². The molecule has 2 rings (SSSR count). The van der Waals surface area contributed by atoms with Gasteiger partial charge in [-0.25, -0.2) is 0 Å². The second-order valence-corrected chi connectivity index (χ2v) is 4.04. The summed E-state index contributed by atoms with van der Waals surface area (Å²) in [7, 11) is 0. The zero-order valence-corrected chi connectivity index (χ0v) is 11.2. The molecule has 1 aromatic heterocycles. The lowest BCUT2D eigenvalue weighted by Gasteiger charge is -1.92. The molecule has 3 heteroatoms. The molecule has 2 aromatic rings. The van der Waals surface area contributed by atoms with Gasteiger partial charge in [0.1, 0.15) is 0 Å². The van der Waals surface area contributed by atoms with Gasteiger partial charge in [0.25, 0.3) is 0 Å². The highest BCUT2D eigenvalue weighted by Gasteiger charge is 1.98. The zero-order valence-electron chi connectivity index (χ0n) is 11.2. The Hall–Kier alpha value is -2.81. The van der Waals surface area contributed by atoms with E-state index in [0.29, 0.717) is 0 Å². The van der Waals surface area contributed by atoms with Gasteiger partial charge in [0.05, 0.1) is 5.36 Å². The third-order valence-electron chi connectivity index (χ3n) is 2.75. The van der Waals surface area contributed by atoms with E-state index < -0.39 is 0 Å². The molecule has 1 aromatic carbocycles. The minimum atomic E-state index is 0.895. The highest BCUT2D eigenvalue weighted by Crippen LogP contribution is 2.08. The molecule has 0 radical (unpaired) electrons. The quantitative estimate of drug-likeness (QED) is 0.797. The summed E-state index contributed by atoms with van der Waals surface area (Å²) in [6, 6.07) is 8.06. The van der Waals surface area contributed by atoms with Crippen LogP contribution in [0.1, 0.15) is 5.56 Å². The molecule has 0 atom stereocenters. The Balaban J connectivity index is 2.50. The molecule has 0 saturated carbocycles. The van der Waals surface area contributed by atoms with Gasteiger partial charge < -0.3 is 10.3 Å². The molecule has 2 N–H and O–H groups in total. The van der Waals surface area contributed by atoms with Crippen molar-refractivity contribution in [3.05, 3.63) is 85.3 Å². The molecule has 0 bridgehead atoms. The minimum absolute atomic E-state index is 0.895. The Morgan fingerprint density at radius 3 is 2.85 bits per heavy atom.